The molecule has 2 N–H and O–H groups in total. The maximum Gasteiger partial charge on any atom is 0.162 e. The Morgan fingerprint density at radius 3 is 2.75 bits per heavy atom. The molecular formula is C15H18N2O2S. The lowest BCUT2D eigenvalue weighted by Gasteiger charge is -2.20. The van der Waals surface area contributed by atoms with E-state index in [9.17, 15) is 5.26 Å². The molecule has 1 heterocycles. The van der Waals surface area contributed by atoms with E-state index in [2.05, 4.69) is 6.07 Å². The van der Waals surface area contributed by atoms with Crippen LogP contribution in [0, 0.1) is 17.2 Å². The van der Waals surface area contributed by atoms with Crippen LogP contribution >= 0.6 is 11.8 Å². The van der Waals surface area contributed by atoms with Gasteiger partial charge in [0.2, 0.25) is 0 Å². The first kappa shape index (κ1) is 13.6. The summed E-state index contributed by atoms with van der Waals surface area (Å²) in [6.45, 7) is 1.38. The quantitative estimate of drug-likeness (QED) is 0.863. The SMILES string of the molecule is N#CC(N)(CSc1ccc2c(c1)OCCCO2)C1CC1. The molecule has 4 nitrogen and oxygen atoms in total. The van der Waals surface area contributed by atoms with Crippen molar-refractivity contribution in [1.29, 1.82) is 5.26 Å². The Morgan fingerprint density at radius 2 is 2.05 bits per heavy atom. The van der Waals surface area contributed by atoms with Crippen LogP contribution in [0.2, 0.25) is 0 Å². The Morgan fingerprint density at radius 1 is 1.30 bits per heavy atom. The third kappa shape index (κ3) is 2.87. The van der Waals surface area contributed by atoms with E-state index >= 15 is 0 Å². The average molecular weight is 290 g/mol. The van der Waals surface area contributed by atoms with Gasteiger partial charge < -0.3 is 15.2 Å². The molecule has 1 unspecified atom stereocenters. The number of thioether (sulfide) groups is 1. The van der Waals surface area contributed by atoms with Gasteiger partial charge >= 0.3 is 0 Å². The number of fused-ring (bicyclic) bond motifs is 1. The molecule has 1 fully saturated rings. The van der Waals surface area contributed by atoms with Crippen molar-refractivity contribution >= 4 is 11.8 Å². The van der Waals surface area contributed by atoms with Crippen molar-refractivity contribution in [1.82, 2.24) is 0 Å². The van der Waals surface area contributed by atoms with E-state index in [-0.39, 0.29) is 0 Å². The second-order valence-electron chi connectivity index (χ2n) is 5.37. The summed E-state index contributed by atoms with van der Waals surface area (Å²) < 4.78 is 11.3. The molecule has 0 radical (unpaired) electrons. The average Bonchev–Trinajstić information content (AvgIpc) is 3.30. The standard InChI is InChI=1S/C15H18N2O2S/c16-9-15(17,11-2-3-11)10-20-12-4-5-13-14(8-12)19-7-1-6-18-13/h4-5,8,11H,1-3,6-7,10,17H2. The van der Waals surface area contributed by atoms with Crippen molar-refractivity contribution in [2.24, 2.45) is 11.7 Å². The van der Waals surface area contributed by atoms with Gasteiger partial charge in [-0.15, -0.1) is 11.8 Å². The van der Waals surface area contributed by atoms with Gasteiger partial charge in [0.15, 0.2) is 11.5 Å². The van der Waals surface area contributed by atoms with Crippen LogP contribution in [0.25, 0.3) is 0 Å². The predicted molar refractivity (Wildman–Crippen MR) is 78.0 cm³/mol. The number of nitrogens with two attached hydrogens (primary N) is 1. The third-order valence-corrected chi connectivity index (χ3v) is 4.92. The van der Waals surface area contributed by atoms with Gasteiger partial charge in [-0.1, -0.05) is 0 Å². The molecule has 1 aromatic rings. The van der Waals surface area contributed by atoms with Gasteiger partial charge in [-0.25, -0.2) is 0 Å². The zero-order chi connectivity index (χ0) is 14.0. The topological polar surface area (TPSA) is 68.3 Å². The van der Waals surface area contributed by atoms with Crippen LogP contribution in [0.4, 0.5) is 0 Å². The monoisotopic (exact) mass is 290 g/mol. The number of nitriles is 1. The maximum absolute atomic E-state index is 9.27. The molecule has 1 aromatic carbocycles. The molecule has 1 aliphatic heterocycles. The van der Waals surface area contributed by atoms with E-state index in [4.69, 9.17) is 15.2 Å². The smallest absolute Gasteiger partial charge is 0.162 e. The summed E-state index contributed by atoms with van der Waals surface area (Å²) in [5.74, 6) is 2.57. The molecule has 0 spiro atoms. The first-order valence-corrected chi connectivity index (χ1v) is 7.92. The molecule has 20 heavy (non-hydrogen) atoms. The molecule has 0 amide bonds. The molecule has 0 aromatic heterocycles. The zero-order valence-corrected chi connectivity index (χ0v) is 12.1. The minimum Gasteiger partial charge on any atom is -0.490 e. The zero-order valence-electron chi connectivity index (χ0n) is 11.3. The van der Waals surface area contributed by atoms with Gasteiger partial charge in [0.25, 0.3) is 0 Å². The molecule has 0 bridgehead atoms. The van der Waals surface area contributed by atoms with E-state index < -0.39 is 5.54 Å². The minimum absolute atomic E-state index is 0.361. The van der Waals surface area contributed by atoms with E-state index in [1.54, 1.807) is 11.8 Å². The lowest BCUT2D eigenvalue weighted by molar-refractivity contribution is 0.297. The highest BCUT2D eigenvalue weighted by molar-refractivity contribution is 7.99. The minimum atomic E-state index is -0.700. The molecule has 0 saturated heterocycles. The Labute approximate surface area is 123 Å². The third-order valence-electron chi connectivity index (χ3n) is 3.71. The lowest BCUT2D eigenvalue weighted by atomic mass is 10.00. The number of ether oxygens (including phenoxy) is 2. The van der Waals surface area contributed by atoms with Gasteiger partial charge in [-0.2, -0.15) is 5.26 Å². The van der Waals surface area contributed by atoms with Crippen LogP contribution in [0.5, 0.6) is 11.5 Å². The van der Waals surface area contributed by atoms with Crippen molar-refractivity contribution in [2.75, 3.05) is 19.0 Å². The van der Waals surface area contributed by atoms with Gasteiger partial charge in [0.05, 0.1) is 19.3 Å². The molecule has 3 rings (SSSR count). The van der Waals surface area contributed by atoms with Gasteiger partial charge in [0.1, 0.15) is 5.54 Å². The summed E-state index contributed by atoms with van der Waals surface area (Å²) in [5, 5.41) is 9.27. The molecular weight excluding hydrogens is 272 g/mol. The Kier molecular flexibility index (Phi) is 3.77. The van der Waals surface area contributed by atoms with Crippen molar-refractivity contribution < 1.29 is 9.47 Å². The van der Waals surface area contributed by atoms with Crippen LogP contribution < -0.4 is 15.2 Å². The fourth-order valence-corrected chi connectivity index (χ4v) is 3.34. The first-order valence-electron chi connectivity index (χ1n) is 6.94. The highest BCUT2D eigenvalue weighted by atomic mass is 32.2. The summed E-state index contributed by atoms with van der Waals surface area (Å²) in [7, 11) is 0. The Bertz CT molecular complexity index is 539. The molecule has 1 saturated carbocycles. The van der Waals surface area contributed by atoms with E-state index in [0.717, 1.165) is 35.7 Å². The van der Waals surface area contributed by atoms with Gasteiger partial charge in [0, 0.05) is 17.1 Å². The number of hydrogen-bond acceptors (Lipinski definition) is 5. The highest BCUT2D eigenvalue weighted by Crippen LogP contribution is 2.41. The van der Waals surface area contributed by atoms with Gasteiger partial charge in [-0.3, -0.25) is 0 Å². The fourth-order valence-electron chi connectivity index (χ4n) is 2.28. The first-order chi connectivity index (χ1) is 9.71. The normalized spacial score (nSPS) is 20.6. The number of rotatable bonds is 4. The molecule has 1 atom stereocenters. The van der Waals surface area contributed by atoms with E-state index in [0.29, 0.717) is 24.9 Å². The number of hydrogen-bond donors (Lipinski definition) is 1. The highest BCUT2D eigenvalue weighted by Gasteiger charge is 2.42. The van der Waals surface area contributed by atoms with Crippen LogP contribution in [0.3, 0.4) is 0 Å². The van der Waals surface area contributed by atoms with E-state index in [1.165, 1.54) is 0 Å². The fraction of sp³-hybridized carbons (Fsp3) is 0.533. The van der Waals surface area contributed by atoms with Crippen molar-refractivity contribution in [2.45, 2.75) is 29.7 Å². The summed E-state index contributed by atoms with van der Waals surface area (Å²) in [4.78, 5) is 1.07. The van der Waals surface area contributed by atoms with Crippen LogP contribution in [0.1, 0.15) is 19.3 Å². The molecule has 106 valence electrons. The Balaban J connectivity index is 1.69. The van der Waals surface area contributed by atoms with Crippen molar-refractivity contribution in [3.8, 4) is 17.6 Å². The molecule has 2 aliphatic rings. The number of benzene rings is 1. The second-order valence-corrected chi connectivity index (χ2v) is 6.42. The molecule has 5 heteroatoms. The van der Waals surface area contributed by atoms with E-state index in [1.807, 2.05) is 18.2 Å². The van der Waals surface area contributed by atoms with Crippen LogP contribution in [-0.4, -0.2) is 24.5 Å². The summed E-state index contributed by atoms with van der Waals surface area (Å²) in [6.07, 6.45) is 3.05. The summed E-state index contributed by atoms with van der Waals surface area (Å²) in [6, 6.07) is 8.20. The summed E-state index contributed by atoms with van der Waals surface area (Å²) in [5.41, 5.74) is 5.48. The molecule has 1 aliphatic carbocycles. The van der Waals surface area contributed by atoms with Crippen LogP contribution in [0.15, 0.2) is 23.1 Å². The number of nitrogens with zero attached hydrogens (tertiary/aromatic N) is 1. The van der Waals surface area contributed by atoms with Crippen molar-refractivity contribution in [3.05, 3.63) is 18.2 Å². The largest absolute Gasteiger partial charge is 0.490 e. The van der Waals surface area contributed by atoms with Gasteiger partial charge in [-0.05, 0) is 37.0 Å². The van der Waals surface area contributed by atoms with Crippen LogP contribution in [-0.2, 0) is 0 Å². The second kappa shape index (κ2) is 5.55. The Hall–Kier alpha value is -1.38. The maximum atomic E-state index is 9.27. The summed E-state index contributed by atoms with van der Waals surface area (Å²) >= 11 is 1.62. The van der Waals surface area contributed by atoms with Crippen molar-refractivity contribution in [3.63, 3.8) is 0 Å². The lowest BCUT2D eigenvalue weighted by Crippen LogP contribution is -2.43. The predicted octanol–water partition coefficient (Wildman–Crippen LogP) is 2.57.